The Bertz CT molecular complexity index is 1070. The minimum atomic E-state index is -0.301. The van der Waals surface area contributed by atoms with Crippen molar-refractivity contribution >= 4 is 39.5 Å². The number of aromatic nitrogens is 5. The number of nitrogens with zero attached hydrogens (tertiary/aromatic N) is 4. The highest BCUT2D eigenvalue weighted by molar-refractivity contribution is 6.31. The maximum Gasteiger partial charge on any atom is 0.219 e. The molecule has 108 valence electrons. The number of benzene rings is 1. The predicted molar refractivity (Wildman–Crippen MR) is 80.4 cm³/mol. The molecule has 0 unspecified atom stereocenters. The van der Waals surface area contributed by atoms with Gasteiger partial charge < -0.3 is 10.2 Å². The molecule has 0 bridgehead atoms. The van der Waals surface area contributed by atoms with Gasteiger partial charge in [0.1, 0.15) is 11.4 Å². The lowest BCUT2D eigenvalue weighted by Gasteiger charge is -2.05. The van der Waals surface area contributed by atoms with Gasteiger partial charge in [-0.3, -0.25) is 4.79 Å². The minimum absolute atomic E-state index is 0.113. The number of H-pyrrole nitrogens is 1. The first kappa shape index (κ1) is 12.7. The van der Waals surface area contributed by atoms with Crippen molar-refractivity contribution in [2.45, 2.75) is 0 Å². The Hall–Kier alpha value is -3.00. The van der Waals surface area contributed by atoms with E-state index in [0.29, 0.717) is 21.6 Å². The summed E-state index contributed by atoms with van der Waals surface area (Å²) in [4.78, 5) is 16.6. The van der Waals surface area contributed by atoms with E-state index in [-0.39, 0.29) is 28.2 Å². The van der Waals surface area contributed by atoms with E-state index in [2.05, 4.69) is 25.6 Å². The number of nitrogen functional groups attached to an aromatic ring is 1. The Balaban J connectivity index is 2.11. The predicted octanol–water partition coefficient (Wildman–Crippen LogP) is 1.76. The van der Waals surface area contributed by atoms with Crippen LogP contribution in [0.4, 0.5) is 5.82 Å². The van der Waals surface area contributed by atoms with Crippen LogP contribution in [-0.4, -0.2) is 25.6 Å². The van der Waals surface area contributed by atoms with Crippen LogP contribution >= 0.6 is 11.6 Å². The van der Waals surface area contributed by atoms with Gasteiger partial charge in [-0.05, 0) is 29.5 Å². The average molecular weight is 315 g/mol. The number of tetrazole rings is 1. The molecule has 9 heteroatoms. The van der Waals surface area contributed by atoms with Crippen LogP contribution in [0.5, 0.6) is 0 Å². The molecule has 8 nitrogen and oxygen atoms in total. The van der Waals surface area contributed by atoms with Crippen LogP contribution in [0.25, 0.3) is 33.5 Å². The second-order valence-corrected chi connectivity index (χ2v) is 5.01. The van der Waals surface area contributed by atoms with Gasteiger partial charge in [-0.25, -0.2) is 4.98 Å². The van der Waals surface area contributed by atoms with E-state index in [1.807, 2.05) is 0 Å². The molecule has 0 aliphatic heterocycles. The van der Waals surface area contributed by atoms with Crippen molar-refractivity contribution in [1.82, 2.24) is 25.6 Å². The highest BCUT2D eigenvalue weighted by atomic mass is 35.5. The van der Waals surface area contributed by atoms with Crippen LogP contribution < -0.4 is 11.2 Å². The first-order valence-electron chi connectivity index (χ1n) is 6.20. The molecule has 3 heterocycles. The topological polar surface area (TPSA) is 124 Å². The quantitative estimate of drug-likeness (QED) is 0.513. The Morgan fingerprint density at radius 1 is 1.23 bits per heavy atom. The molecular formula is C13H7ClN6O2. The van der Waals surface area contributed by atoms with E-state index in [1.165, 1.54) is 6.07 Å². The van der Waals surface area contributed by atoms with Crippen LogP contribution in [-0.2, 0) is 0 Å². The SMILES string of the molecule is Nc1nc2c(=O)c3cc(Cl)ccc3oc2cc1-c1nn[nH]n1. The molecule has 4 rings (SSSR count). The van der Waals surface area contributed by atoms with Crippen molar-refractivity contribution in [3.63, 3.8) is 0 Å². The van der Waals surface area contributed by atoms with Gasteiger partial charge in [0.05, 0.1) is 10.9 Å². The van der Waals surface area contributed by atoms with Gasteiger partial charge in [0.2, 0.25) is 11.3 Å². The summed E-state index contributed by atoms with van der Waals surface area (Å²) < 4.78 is 5.71. The van der Waals surface area contributed by atoms with Gasteiger partial charge in [-0.2, -0.15) is 5.21 Å². The molecule has 0 fully saturated rings. The zero-order valence-corrected chi connectivity index (χ0v) is 11.6. The molecule has 0 saturated carbocycles. The Morgan fingerprint density at radius 3 is 2.86 bits per heavy atom. The first-order chi connectivity index (χ1) is 10.6. The number of nitrogens with two attached hydrogens (primary N) is 1. The lowest BCUT2D eigenvalue weighted by Crippen LogP contribution is -2.07. The first-order valence-corrected chi connectivity index (χ1v) is 6.58. The molecule has 0 radical (unpaired) electrons. The molecule has 22 heavy (non-hydrogen) atoms. The molecule has 4 aromatic rings. The van der Waals surface area contributed by atoms with E-state index in [1.54, 1.807) is 18.2 Å². The van der Waals surface area contributed by atoms with E-state index in [4.69, 9.17) is 21.8 Å². The number of hydrogen-bond acceptors (Lipinski definition) is 7. The van der Waals surface area contributed by atoms with E-state index < -0.39 is 0 Å². The second kappa shape index (κ2) is 4.50. The summed E-state index contributed by atoms with van der Waals surface area (Å²) >= 11 is 5.91. The summed E-state index contributed by atoms with van der Waals surface area (Å²) in [7, 11) is 0. The van der Waals surface area contributed by atoms with Gasteiger partial charge in [0.15, 0.2) is 11.1 Å². The lowest BCUT2D eigenvalue weighted by atomic mass is 10.1. The normalized spacial score (nSPS) is 11.3. The van der Waals surface area contributed by atoms with Crippen LogP contribution in [0.15, 0.2) is 33.5 Å². The summed E-state index contributed by atoms with van der Waals surface area (Å²) in [6, 6.07) is 6.37. The van der Waals surface area contributed by atoms with E-state index in [0.717, 1.165) is 0 Å². The fourth-order valence-electron chi connectivity index (χ4n) is 2.22. The smallest absolute Gasteiger partial charge is 0.219 e. The van der Waals surface area contributed by atoms with Gasteiger partial charge in [0.25, 0.3) is 0 Å². The van der Waals surface area contributed by atoms with E-state index >= 15 is 0 Å². The monoisotopic (exact) mass is 314 g/mol. The fraction of sp³-hybridized carbons (Fsp3) is 0. The second-order valence-electron chi connectivity index (χ2n) is 4.57. The highest BCUT2D eigenvalue weighted by Gasteiger charge is 2.15. The maximum atomic E-state index is 12.5. The number of pyridine rings is 1. The fourth-order valence-corrected chi connectivity index (χ4v) is 2.39. The average Bonchev–Trinajstić information content (AvgIpc) is 3.03. The van der Waals surface area contributed by atoms with Crippen LogP contribution in [0.3, 0.4) is 0 Å². The van der Waals surface area contributed by atoms with Crippen molar-refractivity contribution in [2.75, 3.05) is 5.73 Å². The number of halogens is 1. The molecule has 1 aromatic carbocycles. The summed E-state index contributed by atoms with van der Waals surface area (Å²) in [6.07, 6.45) is 0. The Labute approximate surface area is 126 Å². The van der Waals surface area contributed by atoms with E-state index in [9.17, 15) is 4.79 Å². The van der Waals surface area contributed by atoms with Gasteiger partial charge in [0, 0.05) is 5.02 Å². The third-order valence-electron chi connectivity index (χ3n) is 3.22. The maximum absolute atomic E-state index is 12.5. The summed E-state index contributed by atoms with van der Waals surface area (Å²) in [6.45, 7) is 0. The standard InChI is InChI=1S/C13H7ClN6O2/c14-5-1-2-8-6(3-5)11(21)10-9(22-8)4-7(12(15)16-10)13-17-19-20-18-13/h1-4H,(H2,15,16)(H,17,18,19,20). The number of rotatable bonds is 1. The Morgan fingerprint density at radius 2 is 2.09 bits per heavy atom. The number of fused-ring (bicyclic) bond motifs is 2. The number of aromatic amines is 1. The molecule has 0 spiro atoms. The molecule has 0 aliphatic rings. The Kier molecular flexibility index (Phi) is 2.60. The number of nitrogens with one attached hydrogen (secondary N) is 1. The molecule has 3 aromatic heterocycles. The van der Waals surface area contributed by atoms with Crippen molar-refractivity contribution < 1.29 is 4.42 Å². The van der Waals surface area contributed by atoms with Crippen molar-refractivity contribution in [1.29, 1.82) is 0 Å². The highest BCUT2D eigenvalue weighted by Crippen LogP contribution is 2.26. The number of hydrogen-bond donors (Lipinski definition) is 2. The molecular weight excluding hydrogens is 308 g/mol. The molecule has 0 atom stereocenters. The third-order valence-corrected chi connectivity index (χ3v) is 3.46. The lowest BCUT2D eigenvalue weighted by molar-refractivity contribution is 0.658. The van der Waals surface area contributed by atoms with Crippen LogP contribution in [0, 0.1) is 0 Å². The van der Waals surface area contributed by atoms with Gasteiger partial charge >= 0.3 is 0 Å². The zero-order valence-electron chi connectivity index (χ0n) is 10.9. The summed E-state index contributed by atoms with van der Waals surface area (Å²) in [5, 5.41) is 14.3. The van der Waals surface area contributed by atoms with Crippen LogP contribution in [0.2, 0.25) is 5.02 Å². The minimum Gasteiger partial charge on any atom is -0.454 e. The zero-order chi connectivity index (χ0) is 15.3. The molecule has 0 saturated heterocycles. The third kappa shape index (κ3) is 1.81. The van der Waals surface area contributed by atoms with Crippen molar-refractivity contribution in [3.8, 4) is 11.4 Å². The molecule has 0 amide bonds. The largest absolute Gasteiger partial charge is 0.454 e. The number of anilines is 1. The van der Waals surface area contributed by atoms with Crippen molar-refractivity contribution in [2.24, 2.45) is 0 Å². The van der Waals surface area contributed by atoms with Gasteiger partial charge in [-0.15, -0.1) is 10.2 Å². The molecule has 0 aliphatic carbocycles. The van der Waals surface area contributed by atoms with Crippen molar-refractivity contribution in [3.05, 3.63) is 39.5 Å². The molecule has 3 N–H and O–H groups in total. The van der Waals surface area contributed by atoms with Gasteiger partial charge in [-0.1, -0.05) is 11.6 Å². The summed E-state index contributed by atoms with van der Waals surface area (Å²) in [5.74, 6) is 0.383. The van der Waals surface area contributed by atoms with Crippen LogP contribution in [0.1, 0.15) is 0 Å². The summed E-state index contributed by atoms with van der Waals surface area (Å²) in [5.41, 5.74) is 6.83.